The molecule has 0 spiro atoms. The zero-order chi connectivity index (χ0) is 24.1. The fraction of sp³-hybridized carbons (Fsp3) is 0. The zero-order valence-corrected chi connectivity index (χ0v) is 17.7. The first-order valence-electron chi connectivity index (χ1n) is 10.2. The van der Waals surface area contributed by atoms with Crippen LogP contribution in [0.3, 0.4) is 0 Å². The summed E-state index contributed by atoms with van der Waals surface area (Å²) in [4.78, 5) is 37.2. The molecule has 4 aromatic rings. The summed E-state index contributed by atoms with van der Waals surface area (Å²) in [6.45, 7) is 0. The van der Waals surface area contributed by atoms with Gasteiger partial charge in [0.15, 0.2) is 5.78 Å². The summed E-state index contributed by atoms with van der Waals surface area (Å²) in [5, 5.41) is 20.7. The Morgan fingerprint density at radius 2 is 0.912 bits per heavy atom. The average molecular weight is 454 g/mol. The van der Waals surface area contributed by atoms with Crippen LogP contribution in [0.4, 0.5) is 0 Å². The van der Waals surface area contributed by atoms with Crippen molar-refractivity contribution in [1.29, 1.82) is 0 Å². The molecule has 0 radical (unpaired) electrons. The second-order valence-electron chi connectivity index (χ2n) is 7.20. The molecule has 7 heteroatoms. The first-order valence-corrected chi connectivity index (χ1v) is 10.2. The van der Waals surface area contributed by atoms with Gasteiger partial charge in [0.1, 0.15) is 23.0 Å². The highest BCUT2D eigenvalue weighted by atomic mass is 16.5. The van der Waals surface area contributed by atoms with Crippen molar-refractivity contribution in [2.75, 3.05) is 0 Å². The van der Waals surface area contributed by atoms with Crippen molar-refractivity contribution >= 4 is 17.7 Å². The molecule has 168 valence electrons. The van der Waals surface area contributed by atoms with Gasteiger partial charge in [0.25, 0.3) is 0 Å². The summed E-state index contributed by atoms with van der Waals surface area (Å²) in [6.07, 6.45) is 0. The second kappa shape index (κ2) is 9.70. The Balaban J connectivity index is 1.49. The monoisotopic (exact) mass is 454 g/mol. The van der Waals surface area contributed by atoms with E-state index in [1.54, 1.807) is 60.7 Å². The van der Waals surface area contributed by atoms with E-state index in [4.69, 9.17) is 9.47 Å². The van der Waals surface area contributed by atoms with Crippen molar-refractivity contribution in [1.82, 2.24) is 0 Å². The first kappa shape index (κ1) is 22.3. The van der Waals surface area contributed by atoms with Crippen LogP contribution in [0, 0.1) is 0 Å². The summed E-state index contributed by atoms with van der Waals surface area (Å²) >= 11 is 0. The smallest absolute Gasteiger partial charge is 0.343 e. The molecule has 0 aliphatic carbocycles. The van der Waals surface area contributed by atoms with E-state index in [0.717, 1.165) is 12.1 Å². The SMILES string of the molecule is O=C(Oc1ccc(C(=O)c2ccc(OC(=O)c3ccccc3)cc2O)c(O)c1)c1ccccc1. The van der Waals surface area contributed by atoms with E-state index in [0.29, 0.717) is 11.1 Å². The van der Waals surface area contributed by atoms with Gasteiger partial charge in [-0.05, 0) is 48.5 Å². The highest BCUT2D eigenvalue weighted by Gasteiger charge is 2.20. The number of carbonyl (C=O) groups excluding carboxylic acids is 3. The second-order valence-corrected chi connectivity index (χ2v) is 7.20. The van der Waals surface area contributed by atoms with Crippen LogP contribution < -0.4 is 9.47 Å². The lowest BCUT2D eigenvalue weighted by molar-refractivity contribution is 0.0725. The lowest BCUT2D eigenvalue weighted by Crippen LogP contribution is -2.09. The molecule has 0 amide bonds. The standard InChI is InChI=1S/C27H18O7/c28-23-15-19(33-26(31)17-7-3-1-4-8-17)11-13-21(23)25(30)22-14-12-20(16-24(22)29)34-27(32)18-9-5-2-6-10-18/h1-16,28-29H. The van der Waals surface area contributed by atoms with Gasteiger partial charge in [0.05, 0.1) is 22.3 Å². The highest BCUT2D eigenvalue weighted by molar-refractivity contribution is 6.12. The van der Waals surface area contributed by atoms with Gasteiger partial charge in [-0.25, -0.2) is 9.59 Å². The topological polar surface area (TPSA) is 110 Å². The number of hydrogen-bond donors (Lipinski definition) is 2. The van der Waals surface area contributed by atoms with Crippen LogP contribution in [0.2, 0.25) is 0 Å². The summed E-state index contributed by atoms with van der Waals surface area (Å²) in [7, 11) is 0. The summed E-state index contributed by atoms with van der Waals surface area (Å²) in [5.74, 6) is -2.65. The third-order valence-corrected chi connectivity index (χ3v) is 4.87. The number of aromatic hydroxyl groups is 2. The molecule has 2 N–H and O–H groups in total. The lowest BCUT2D eigenvalue weighted by atomic mass is 10.0. The van der Waals surface area contributed by atoms with Crippen LogP contribution in [0.25, 0.3) is 0 Å². The van der Waals surface area contributed by atoms with Gasteiger partial charge in [-0.3, -0.25) is 4.79 Å². The Labute approximate surface area is 194 Å². The maximum Gasteiger partial charge on any atom is 0.343 e. The van der Waals surface area contributed by atoms with Crippen LogP contribution in [0.15, 0.2) is 97.1 Å². The van der Waals surface area contributed by atoms with Gasteiger partial charge >= 0.3 is 11.9 Å². The zero-order valence-electron chi connectivity index (χ0n) is 17.7. The molecular weight excluding hydrogens is 436 g/mol. The molecule has 0 aliphatic rings. The van der Waals surface area contributed by atoms with Crippen molar-refractivity contribution < 1.29 is 34.1 Å². The van der Waals surface area contributed by atoms with Crippen molar-refractivity contribution in [3.05, 3.63) is 119 Å². The molecule has 0 aromatic heterocycles. The molecule has 0 unspecified atom stereocenters. The maximum atomic E-state index is 12.9. The number of carbonyl (C=O) groups is 3. The molecule has 0 heterocycles. The van der Waals surface area contributed by atoms with E-state index in [9.17, 15) is 24.6 Å². The number of rotatable bonds is 6. The molecule has 0 fully saturated rings. The Morgan fingerprint density at radius 1 is 0.529 bits per heavy atom. The average Bonchev–Trinajstić information content (AvgIpc) is 2.85. The fourth-order valence-electron chi connectivity index (χ4n) is 3.16. The van der Waals surface area contributed by atoms with E-state index in [1.165, 1.54) is 24.3 Å². The molecule has 7 nitrogen and oxygen atoms in total. The number of esters is 2. The Bertz CT molecular complexity index is 1260. The summed E-state index contributed by atoms with van der Waals surface area (Å²) in [6, 6.07) is 24.2. The van der Waals surface area contributed by atoms with Gasteiger partial charge in [0.2, 0.25) is 0 Å². The van der Waals surface area contributed by atoms with Crippen molar-refractivity contribution in [2.24, 2.45) is 0 Å². The highest BCUT2D eigenvalue weighted by Crippen LogP contribution is 2.31. The third kappa shape index (κ3) is 4.94. The predicted molar refractivity (Wildman–Crippen MR) is 122 cm³/mol. The van der Waals surface area contributed by atoms with E-state index in [2.05, 4.69) is 0 Å². The Hall–Kier alpha value is -4.91. The molecule has 34 heavy (non-hydrogen) atoms. The van der Waals surface area contributed by atoms with E-state index in [1.807, 2.05) is 0 Å². The lowest BCUT2D eigenvalue weighted by Gasteiger charge is -2.10. The maximum absolute atomic E-state index is 12.9. The first-order chi connectivity index (χ1) is 16.4. The third-order valence-electron chi connectivity index (χ3n) is 4.87. The van der Waals surface area contributed by atoms with Gasteiger partial charge in [0, 0.05) is 12.1 Å². The van der Waals surface area contributed by atoms with Gasteiger partial charge in [-0.2, -0.15) is 0 Å². The van der Waals surface area contributed by atoms with Crippen LogP contribution in [-0.4, -0.2) is 27.9 Å². The molecule has 0 saturated heterocycles. The quantitative estimate of drug-likeness (QED) is 0.245. The molecule has 4 rings (SSSR count). The molecule has 0 saturated carbocycles. The van der Waals surface area contributed by atoms with Gasteiger partial charge in [-0.15, -0.1) is 0 Å². The Morgan fingerprint density at radius 3 is 1.26 bits per heavy atom. The number of hydrogen-bond acceptors (Lipinski definition) is 7. The van der Waals surface area contributed by atoms with Gasteiger partial charge in [-0.1, -0.05) is 36.4 Å². The summed E-state index contributed by atoms with van der Waals surface area (Å²) in [5.41, 5.74) is 0.452. The molecular formula is C27H18O7. The predicted octanol–water partition coefficient (Wildman–Crippen LogP) is 4.77. The molecule has 0 bridgehead atoms. The van der Waals surface area contributed by atoms with Crippen molar-refractivity contribution in [3.8, 4) is 23.0 Å². The minimum absolute atomic E-state index is 0.0512. The van der Waals surface area contributed by atoms with E-state index >= 15 is 0 Å². The molecule has 0 aliphatic heterocycles. The number of ketones is 1. The van der Waals surface area contributed by atoms with E-state index < -0.39 is 29.2 Å². The number of benzene rings is 4. The van der Waals surface area contributed by atoms with Crippen molar-refractivity contribution in [3.63, 3.8) is 0 Å². The molecule has 4 aromatic carbocycles. The number of phenols is 2. The summed E-state index contributed by atoms with van der Waals surface area (Å²) < 4.78 is 10.5. The minimum Gasteiger partial charge on any atom is -0.507 e. The van der Waals surface area contributed by atoms with Crippen LogP contribution in [-0.2, 0) is 0 Å². The molecule has 0 atom stereocenters. The van der Waals surface area contributed by atoms with Gasteiger partial charge < -0.3 is 19.7 Å². The minimum atomic E-state index is -0.670. The number of phenolic OH excluding ortho intramolecular Hbond substituents is 2. The van der Waals surface area contributed by atoms with E-state index in [-0.39, 0.29) is 22.6 Å². The Kier molecular flexibility index (Phi) is 6.36. The van der Waals surface area contributed by atoms with Crippen molar-refractivity contribution in [2.45, 2.75) is 0 Å². The van der Waals surface area contributed by atoms with Crippen LogP contribution in [0.5, 0.6) is 23.0 Å². The van der Waals surface area contributed by atoms with Crippen LogP contribution >= 0.6 is 0 Å². The normalized spacial score (nSPS) is 10.4. The largest absolute Gasteiger partial charge is 0.507 e. The fourth-order valence-corrected chi connectivity index (χ4v) is 3.16. The van der Waals surface area contributed by atoms with Crippen LogP contribution in [0.1, 0.15) is 36.6 Å². The number of ether oxygens (including phenoxy) is 2.